The zero-order chi connectivity index (χ0) is 24.6. The van der Waals surface area contributed by atoms with Crippen molar-refractivity contribution in [2.75, 3.05) is 17.2 Å². The SMILES string of the molecule is C=CCOC(=O)C(C#N)=c1sc(=CNc2cccc(NC(=O)OC(C)(C)C)n2)c(=O)n1CC. The second-order valence-corrected chi connectivity index (χ2v) is 8.55. The number of nitriles is 1. The third-order valence-corrected chi connectivity index (χ3v) is 4.95. The number of anilines is 2. The number of hydrogen-bond acceptors (Lipinski definition) is 9. The molecule has 0 saturated carbocycles. The van der Waals surface area contributed by atoms with Gasteiger partial charge in [0.2, 0.25) is 0 Å². The average molecular weight is 472 g/mol. The fourth-order valence-electron chi connectivity index (χ4n) is 2.51. The van der Waals surface area contributed by atoms with Crippen molar-refractivity contribution in [1.82, 2.24) is 9.55 Å². The van der Waals surface area contributed by atoms with Crippen LogP contribution >= 0.6 is 11.3 Å². The normalized spacial score (nSPS) is 12.4. The van der Waals surface area contributed by atoms with Gasteiger partial charge >= 0.3 is 12.1 Å². The fraction of sp³-hybridized carbons (Fsp3) is 0.318. The minimum Gasteiger partial charge on any atom is -0.457 e. The lowest BCUT2D eigenvalue weighted by Gasteiger charge is -2.19. The molecule has 2 aromatic heterocycles. The van der Waals surface area contributed by atoms with Crippen LogP contribution in [0.4, 0.5) is 16.4 Å². The molecular formula is C22H25N5O5S. The fourth-order valence-corrected chi connectivity index (χ4v) is 3.59. The Morgan fingerprint density at radius 2 is 2.03 bits per heavy atom. The van der Waals surface area contributed by atoms with E-state index in [0.29, 0.717) is 5.82 Å². The van der Waals surface area contributed by atoms with E-state index in [0.717, 1.165) is 11.3 Å². The molecule has 11 heteroatoms. The monoisotopic (exact) mass is 471 g/mol. The molecule has 2 N–H and O–H groups in total. The summed E-state index contributed by atoms with van der Waals surface area (Å²) >= 11 is 0.974. The van der Waals surface area contributed by atoms with Crippen LogP contribution in [0.15, 0.2) is 35.6 Å². The summed E-state index contributed by atoms with van der Waals surface area (Å²) in [4.78, 5) is 41.1. The first kappa shape index (κ1) is 25.4. The number of nitrogens with one attached hydrogen (secondary N) is 2. The first-order valence-corrected chi connectivity index (χ1v) is 10.8. The van der Waals surface area contributed by atoms with Gasteiger partial charge in [0, 0.05) is 12.7 Å². The molecule has 1 amide bonds. The summed E-state index contributed by atoms with van der Waals surface area (Å²) in [6, 6.07) is 6.71. The van der Waals surface area contributed by atoms with Gasteiger partial charge in [-0.1, -0.05) is 18.7 Å². The molecule has 0 aliphatic carbocycles. The molecule has 0 aromatic carbocycles. The second-order valence-electron chi connectivity index (χ2n) is 7.52. The standard InChI is InChI=1S/C22H25N5O5S/c1-6-11-31-20(29)14(12-23)19-27(7-2)18(28)15(33-19)13-24-16-9-8-10-17(25-16)26-21(30)32-22(3,4)5/h6,8-10,13H,1,7,11H2,2-5H3,(H2,24,25,26,30). The van der Waals surface area contributed by atoms with Crippen molar-refractivity contribution in [1.29, 1.82) is 5.26 Å². The van der Waals surface area contributed by atoms with Crippen molar-refractivity contribution >= 4 is 46.8 Å². The maximum absolute atomic E-state index is 12.8. The summed E-state index contributed by atoms with van der Waals surface area (Å²) in [6.45, 7) is 10.6. The van der Waals surface area contributed by atoms with Gasteiger partial charge in [-0.2, -0.15) is 5.26 Å². The van der Waals surface area contributed by atoms with E-state index in [1.807, 2.05) is 6.07 Å². The van der Waals surface area contributed by atoms with Gasteiger partial charge in [0.25, 0.3) is 5.56 Å². The lowest BCUT2D eigenvalue weighted by atomic mass is 10.2. The van der Waals surface area contributed by atoms with E-state index in [1.54, 1.807) is 45.9 Å². The zero-order valence-corrected chi connectivity index (χ0v) is 19.6. The van der Waals surface area contributed by atoms with E-state index >= 15 is 0 Å². The lowest BCUT2D eigenvalue weighted by molar-refractivity contribution is -0.135. The van der Waals surface area contributed by atoms with Gasteiger partial charge in [0.05, 0.1) is 0 Å². The number of carbonyl (C=O) groups is 2. The highest BCUT2D eigenvalue weighted by molar-refractivity contribution is 7.07. The van der Waals surface area contributed by atoms with Crippen molar-refractivity contribution in [3.8, 4) is 6.07 Å². The van der Waals surface area contributed by atoms with E-state index in [-0.39, 0.29) is 39.3 Å². The summed E-state index contributed by atoms with van der Waals surface area (Å²) < 4.78 is 11.9. The van der Waals surface area contributed by atoms with Crippen molar-refractivity contribution in [2.45, 2.75) is 39.8 Å². The molecular weight excluding hydrogens is 446 g/mol. The van der Waals surface area contributed by atoms with Crippen LogP contribution in [-0.4, -0.2) is 33.8 Å². The second kappa shape index (κ2) is 11.1. The molecule has 0 unspecified atom stereocenters. The van der Waals surface area contributed by atoms with Crippen LogP contribution in [0.5, 0.6) is 0 Å². The maximum Gasteiger partial charge on any atom is 0.413 e. The average Bonchev–Trinajstić information content (AvgIpc) is 3.05. The molecule has 174 valence electrons. The molecule has 0 atom stereocenters. The molecule has 0 radical (unpaired) electrons. The van der Waals surface area contributed by atoms with Crippen LogP contribution in [0.25, 0.3) is 11.8 Å². The minimum atomic E-state index is -0.831. The Bertz CT molecular complexity index is 1260. The van der Waals surface area contributed by atoms with Crippen molar-refractivity contribution in [3.63, 3.8) is 0 Å². The van der Waals surface area contributed by atoms with Crippen LogP contribution in [0.2, 0.25) is 0 Å². The number of aromatic nitrogens is 2. The van der Waals surface area contributed by atoms with Gasteiger partial charge in [-0.15, -0.1) is 11.3 Å². The molecule has 10 nitrogen and oxygen atoms in total. The van der Waals surface area contributed by atoms with E-state index in [2.05, 4.69) is 22.2 Å². The van der Waals surface area contributed by atoms with Gasteiger partial charge in [-0.3, -0.25) is 14.7 Å². The van der Waals surface area contributed by atoms with Crippen molar-refractivity contribution in [2.24, 2.45) is 0 Å². The maximum atomic E-state index is 12.8. The van der Waals surface area contributed by atoms with E-state index in [4.69, 9.17) is 9.47 Å². The number of hydrogen-bond donors (Lipinski definition) is 2. The summed E-state index contributed by atoms with van der Waals surface area (Å²) in [5.74, 6) is -0.218. The third-order valence-electron chi connectivity index (χ3n) is 3.82. The largest absolute Gasteiger partial charge is 0.457 e. The highest BCUT2D eigenvalue weighted by Crippen LogP contribution is 2.12. The van der Waals surface area contributed by atoms with Crippen LogP contribution < -0.4 is 25.4 Å². The van der Waals surface area contributed by atoms with Gasteiger partial charge < -0.3 is 14.8 Å². The molecule has 2 aromatic rings. The summed E-state index contributed by atoms with van der Waals surface area (Å²) in [5.41, 5.74) is -1.29. The zero-order valence-electron chi connectivity index (χ0n) is 18.8. The number of esters is 1. The Balaban J connectivity index is 2.36. The Hall–Kier alpha value is -3.91. The molecule has 2 rings (SSSR count). The Labute approximate surface area is 194 Å². The Morgan fingerprint density at radius 3 is 2.64 bits per heavy atom. The van der Waals surface area contributed by atoms with Gasteiger partial charge in [-0.05, 0) is 39.8 Å². The van der Waals surface area contributed by atoms with Gasteiger partial charge in [0.1, 0.15) is 39.1 Å². The van der Waals surface area contributed by atoms with E-state index in [9.17, 15) is 19.6 Å². The first-order chi connectivity index (χ1) is 15.6. The molecule has 0 saturated heterocycles. The number of nitrogens with zero attached hydrogens (tertiary/aromatic N) is 3. The van der Waals surface area contributed by atoms with Crippen LogP contribution in [0, 0.1) is 11.3 Å². The number of ether oxygens (including phenoxy) is 2. The van der Waals surface area contributed by atoms with Crippen LogP contribution in [0.3, 0.4) is 0 Å². The summed E-state index contributed by atoms with van der Waals surface area (Å²) in [7, 11) is 0. The van der Waals surface area contributed by atoms with Gasteiger partial charge in [-0.25, -0.2) is 14.6 Å². The van der Waals surface area contributed by atoms with Gasteiger partial charge in [0.15, 0.2) is 5.57 Å². The molecule has 33 heavy (non-hydrogen) atoms. The number of pyridine rings is 1. The predicted molar refractivity (Wildman–Crippen MR) is 126 cm³/mol. The number of carbonyl (C=O) groups excluding carboxylic acids is 2. The first-order valence-electron chi connectivity index (χ1n) is 9.95. The molecule has 0 aliphatic heterocycles. The molecule has 0 bridgehead atoms. The van der Waals surface area contributed by atoms with Crippen molar-refractivity contribution in [3.05, 3.63) is 50.4 Å². The quantitative estimate of drug-likeness (QED) is 0.462. The van der Waals surface area contributed by atoms with Crippen LogP contribution in [-0.2, 0) is 20.8 Å². The number of amides is 1. The summed E-state index contributed by atoms with van der Waals surface area (Å²) in [5, 5.41) is 14.9. The molecule has 0 aliphatic rings. The molecule has 0 spiro atoms. The third kappa shape index (κ3) is 7.05. The smallest absolute Gasteiger partial charge is 0.413 e. The minimum absolute atomic E-state index is 0.0500. The Kier molecular flexibility index (Phi) is 8.53. The van der Waals surface area contributed by atoms with E-state index < -0.39 is 17.7 Å². The van der Waals surface area contributed by atoms with E-state index in [1.165, 1.54) is 16.8 Å². The lowest BCUT2D eigenvalue weighted by Crippen LogP contribution is -2.32. The molecule has 2 heterocycles. The topological polar surface area (TPSA) is 135 Å². The molecule has 0 fully saturated rings. The highest BCUT2D eigenvalue weighted by atomic mass is 32.1. The predicted octanol–water partition coefficient (Wildman–Crippen LogP) is 1.93. The number of thiazole rings is 1. The van der Waals surface area contributed by atoms with Crippen molar-refractivity contribution < 1.29 is 19.1 Å². The summed E-state index contributed by atoms with van der Waals surface area (Å²) in [6.07, 6.45) is 2.16. The highest BCUT2D eigenvalue weighted by Gasteiger charge is 2.17. The van der Waals surface area contributed by atoms with Crippen LogP contribution in [0.1, 0.15) is 27.7 Å². The number of rotatable bonds is 7. The Morgan fingerprint density at radius 1 is 1.33 bits per heavy atom.